The van der Waals surface area contributed by atoms with Crippen molar-refractivity contribution >= 4 is 0 Å². The van der Waals surface area contributed by atoms with Crippen LogP contribution >= 0.6 is 0 Å². The second kappa shape index (κ2) is 4.94. The number of ether oxygens (including phenoxy) is 3. The van der Waals surface area contributed by atoms with Crippen molar-refractivity contribution in [2.45, 2.75) is 37.9 Å². The van der Waals surface area contributed by atoms with Gasteiger partial charge in [0.05, 0.1) is 18.8 Å². The molecule has 3 heteroatoms. The van der Waals surface area contributed by atoms with Crippen LogP contribution in [0.3, 0.4) is 0 Å². The van der Waals surface area contributed by atoms with E-state index < -0.39 is 0 Å². The zero-order valence-electron chi connectivity index (χ0n) is 8.04. The van der Waals surface area contributed by atoms with Crippen molar-refractivity contribution in [2.75, 3.05) is 26.4 Å². The Kier molecular flexibility index (Phi) is 3.58. The minimum Gasteiger partial charge on any atom is -0.381 e. The van der Waals surface area contributed by atoms with Crippen molar-refractivity contribution in [1.29, 1.82) is 0 Å². The monoisotopic (exact) mass is 186 g/mol. The number of hydrogen-bond donors (Lipinski definition) is 0. The SMILES string of the molecule is C1COCC(OC2CCOCC2)C1. The van der Waals surface area contributed by atoms with E-state index in [1.807, 2.05) is 0 Å². The van der Waals surface area contributed by atoms with E-state index in [1.165, 1.54) is 0 Å². The first kappa shape index (κ1) is 9.44. The molecule has 0 aliphatic carbocycles. The van der Waals surface area contributed by atoms with E-state index in [0.717, 1.165) is 52.1 Å². The van der Waals surface area contributed by atoms with Crippen molar-refractivity contribution in [3.63, 3.8) is 0 Å². The van der Waals surface area contributed by atoms with Crippen LogP contribution in [0.15, 0.2) is 0 Å². The molecule has 0 amide bonds. The summed E-state index contributed by atoms with van der Waals surface area (Å²) in [5.41, 5.74) is 0. The molecule has 2 rings (SSSR count). The number of hydrogen-bond acceptors (Lipinski definition) is 3. The average molecular weight is 186 g/mol. The third kappa shape index (κ3) is 2.93. The van der Waals surface area contributed by atoms with Gasteiger partial charge in [0.15, 0.2) is 0 Å². The van der Waals surface area contributed by atoms with Crippen LogP contribution in [0.2, 0.25) is 0 Å². The van der Waals surface area contributed by atoms with Gasteiger partial charge in [-0.15, -0.1) is 0 Å². The molecule has 0 N–H and O–H groups in total. The molecular formula is C10H18O3. The minimum atomic E-state index is 0.344. The first-order valence-corrected chi connectivity index (χ1v) is 5.26. The summed E-state index contributed by atoms with van der Waals surface area (Å²) in [6, 6.07) is 0. The van der Waals surface area contributed by atoms with Crippen LogP contribution in [-0.2, 0) is 14.2 Å². The Morgan fingerprint density at radius 1 is 0.846 bits per heavy atom. The summed E-state index contributed by atoms with van der Waals surface area (Å²) < 4.78 is 16.6. The van der Waals surface area contributed by atoms with Crippen molar-refractivity contribution in [1.82, 2.24) is 0 Å². The topological polar surface area (TPSA) is 27.7 Å². The quantitative estimate of drug-likeness (QED) is 0.651. The summed E-state index contributed by atoms with van der Waals surface area (Å²) in [5, 5.41) is 0. The maximum atomic E-state index is 5.93. The lowest BCUT2D eigenvalue weighted by Crippen LogP contribution is -2.33. The van der Waals surface area contributed by atoms with E-state index in [1.54, 1.807) is 0 Å². The van der Waals surface area contributed by atoms with Gasteiger partial charge in [-0.2, -0.15) is 0 Å². The first-order chi connectivity index (χ1) is 6.45. The van der Waals surface area contributed by atoms with Crippen LogP contribution in [0.4, 0.5) is 0 Å². The third-order valence-corrected chi connectivity index (χ3v) is 2.67. The van der Waals surface area contributed by atoms with Gasteiger partial charge in [0, 0.05) is 19.8 Å². The summed E-state index contributed by atoms with van der Waals surface area (Å²) >= 11 is 0. The highest BCUT2D eigenvalue weighted by Gasteiger charge is 2.21. The van der Waals surface area contributed by atoms with E-state index in [9.17, 15) is 0 Å². The van der Waals surface area contributed by atoms with E-state index in [2.05, 4.69) is 0 Å². The highest BCUT2D eigenvalue weighted by Crippen LogP contribution is 2.17. The van der Waals surface area contributed by atoms with Crippen LogP contribution in [0, 0.1) is 0 Å². The predicted octanol–water partition coefficient (Wildman–Crippen LogP) is 1.36. The largest absolute Gasteiger partial charge is 0.381 e. The Bertz CT molecular complexity index is 121. The van der Waals surface area contributed by atoms with Gasteiger partial charge in [-0.1, -0.05) is 0 Å². The standard InChI is InChI=1S/C10H18O3/c1-2-10(8-12-5-1)13-9-3-6-11-7-4-9/h9-10H,1-8H2. The maximum Gasteiger partial charge on any atom is 0.0813 e. The minimum absolute atomic E-state index is 0.344. The molecule has 0 aromatic heterocycles. The average Bonchev–Trinajstić information content (AvgIpc) is 2.21. The Hall–Kier alpha value is -0.120. The molecular weight excluding hydrogens is 168 g/mol. The Balaban J connectivity index is 1.69. The van der Waals surface area contributed by atoms with Gasteiger partial charge in [-0.25, -0.2) is 0 Å². The number of rotatable bonds is 2. The van der Waals surface area contributed by atoms with Gasteiger partial charge in [0.25, 0.3) is 0 Å². The molecule has 2 aliphatic heterocycles. The van der Waals surface area contributed by atoms with Crippen molar-refractivity contribution in [2.24, 2.45) is 0 Å². The van der Waals surface area contributed by atoms with Crippen LogP contribution in [0.1, 0.15) is 25.7 Å². The van der Waals surface area contributed by atoms with Gasteiger partial charge in [-0.05, 0) is 25.7 Å². The molecule has 2 fully saturated rings. The summed E-state index contributed by atoms with van der Waals surface area (Å²) in [6.07, 6.45) is 5.18. The first-order valence-electron chi connectivity index (χ1n) is 5.26. The molecule has 0 aromatic carbocycles. The molecule has 0 bridgehead atoms. The second-order valence-corrected chi connectivity index (χ2v) is 3.79. The van der Waals surface area contributed by atoms with Gasteiger partial charge in [0.1, 0.15) is 0 Å². The lowest BCUT2D eigenvalue weighted by atomic mass is 10.1. The molecule has 0 spiro atoms. The molecule has 0 aromatic rings. The van der Waals surface area contributed by atoms with Crippen LogP contribution in [0.25, 0.3) is 0 Å². The lowest BCUT2D eigenvalue weighted by molar-refractivity contribution is -0.111. The second-order valence-electron chi connectivity index (χ2n) is 3.79. The van der Waals surface area contributed by atoms with Crippen LogP contribution in [-0.4, -0.2) is 38.6 Å². The van der Waals surface area contributed by atoms with Crippen LogP contribution in [0.5, 0.6) is 0 Å². The molecule has 1 unspecified atom stereocenters. The predicted molar refractivity (Wildman–Crippen MR) is 48.8 cm³/mol. The van der Waals surface area contributed by atoms with E-state index in [4.69, 9.17) is 14.2 Å². The maximum absolute atomic E-state index is 5.93. The summed E-state index contributed by atoms with van der Waals surface area (Å²) in [6.45, 7) is 3.42. The molecule has 1 atom stereocenters. The summed E-state index contributed by atoms with van der Waals surface area (Å²) in [4.78, 5) is 0. The van der Waals surface area contributed by atoms with Crippen molar-refractivity contribution in [3.05, 3.63) is 0 Å². The summed E-state index contributed by atoms with van der Waals surface area (Å²) in [7, 11) is 0. The fourth-order valence-electron chi connectivity index (χ4n) is 1.90. The molecule has 13 heavy (non-hydrogen) atoms. The molecule has 3 nitrogen and oxygen atoms in total. The zero-order chi connectivity index (χ0) is 8.93. The zero-order valence-corrected chi connectivity index (χ0v) is 8.04. The fraction of sp³-hybridized carbons (Fsp3) is 1.00. The van der Waals surface area contributed by atoms with Crippen LogP contribution < -0.4 is 0 Å². The van der Waals surface area contributed by atoms with E-state index in [0.29, 0.717) is 12.2 Å². The third-order valence-electron chi connectivity index (χ3n) is 2.67. The van der Waals surface area contributed by atoms with Gasteiger partial charge in [-0.3, -0.25) is 0 Å². The lowest BCUT2D eigenvalue weighted by Gasteiger charge is -2.29. The van der Waals surface area contributed by atoms with E-state index >= 15 is 0 Å². The molecule has 2 heterocycles. The molecule has 2 aliphatic rings. The Morgan fingerprint density at radius 2 is 1.69 bits per heavy atom. The molecule has 0 saturated carbocycles. The fourth-order valence-corrected chi connectivity index (χ4v) is 1.90. The Morgan fingerprint density at radius 3 is 2.38 bits per heavy atom. The van der Waals surface area contributed by atoms with Gasteiger partial charge in [0.2, 0.25) is 0 Å². The highest BCUT2D eigenvalue weighted by atomic mass is 16.5. The molecule has 76 valence electrons. The molecule has 0 radical (unpaired) electrons. The normalized spacial score (nSPS) is 31.8. The van der Waals surface area contributed by atoms with Crippen molar-refractivity contribution in [3.8, 4) is 0 Å². The van der Waals surface area contributed by atoms with Gasteiger partial charge < -0.3 is 14.2 Å². The smallest absolute Gasteiger partial charge is 0.0813 e. The van der Waals surface area contributed by atoms with E-state index in [-0.39, 0.29) is 0 Å². The molecule has 2 saturated heterocycles. The Labute approximate surface area is 79.4 Å². The van der Waals surface area contributed by atoms with Crippen molar-refractivity contribution < 1.29 is 14.2 Å². The van der Waals surface area contributed by atoms with Gasteiger partial charge >= 0.3 is 0 Å². The highest BCUT2D eigenvalue weighted by molar-refractivity contribution is 4.68. The summed E-state index contributed by atoms with van der Waals surface area (Å²) in [5.74, 6) is 0.